The predicted molar refractivity (Wildman–Crippen MR) is 70.9 cm³/mol. The quantitative estimate of drug-likeness (QED) is 0.740. The maximum Gasteiger partial charge on any atom is 0.401 e. The van der Waals surface area contributed by atoms with Crippen LogP contribution in [0, 0.1) is 0 Å². The molecule has 2 fully saturated rings. The van der Waals surface area contributed by atoms with E-state index in [-0.39, 0.29) is 18.5 Å². The standard InChI is InChI=1S/C13H22F3N3O2/c1-10-7-18(3-4-19(10)9-13(14,15)16)12(20)11-8-17(2)5-6-21-11/h10-11H,3-9H2,1-2H3. The first-order chi connectivity index (χ1) is 9.76. The number of alkyl halides is 3. The molecule has 0 aliphatic carbocycles. The average Bonchev–Trinajstić information content (AvgIpc) is 2.39. The van der Waals surface area contributed by atoms with Crippen molar-refractivity contribution in [3.05, 3.63) is 0 Å². The van der Waals surface area contributed by atoms with Gasteiger partial charge in [0.25, 0.3) is 5.91 Å². The van der Waals surface area contributed by atoms with E-state index >= 15 is 0 Å². The number of piperazine rings is 1. The Hall–Kier alpha value is -0.860. The van der Waals surface area contributed by atoms with Gasteiger partial charge < -0.3 is 14.5 Å². The molecule has 2 unspecified atom stereocenters. The lowest BCUT2D eigenvalue weighted by molar-refractivity contribution is -0.162. The zero-order valence-corrected chi connectivity index (χ0v) is 12.4. The Kier molecular flexibility index (Phi) is 5.11. The maximum atomic E-state index is 12.5. The smallest absolute Gasteiger partial charge is 0.366 e. The summed E-state index contributed by atoms with van der Waals surface area (Å²) in [6.07, 6.45) is -4.69. The molecule has 2 atom stereocenters. The fourth-order valence-electron chi connectivity index (χ4n) is 2.79. The minimum Gasteiger partial charge on any atom is -0.366 e. The summed E-state index contributed by atoms with van der Waals surface area (Å²) < 4.78 is 42.8. The van der Waals surface area contributed by atoms with Crippen LogP contribution in [0.3, 0.4) is 0 Å². The van der Waals surface area contributed by atoms with Crippen molar-refractivity contribution in [2.45, 2.75) is 25.2 Å². The van der Waals surface area contributed by atoms with Gasteiger partial charge in [-0.05, 0) is 14.0 Å². The molecular weight excluding hydrogens is 287 g/mol. The molecule has 0 radical (unpaired) electrons. The zero-order chi connectivity index (χ0) is 15.6. The van der Waals surface area contributed by atoms with Crippen LogP contribution in [0.5, 0.6) is 0 Å². The number of ether oxygens (including phenoxy) is 1. The summed E-state index contributed by atoms with van der Waals surface area (Å²) in [6, 6.07) is -0.300. The lowest BCUT2D eigenvalue weighted by Crippen LogP contribution is -2.59. The van der Waals surface area contributed by atoms with Crippen molar-refractivity contribution in [3.63, 3.8) is 0 Å². The molecule has 0 spiro atoms. The topological polar surface area (TPSA) is 36.0 Å². The molecule has 21 heavy (non-hydrogen) atoms. The van der Waals surface area contributed by atoms with E-state index in [1.807, 2.05) is 11.9 Å². The predicted octanol–water partition coefficient (Wildman–Crippen LogP) is 0.412. The number of rotatable bonds is 2. The molecule has 0 bridgehead atoms. The van der Waals surface area contributed by atoms with Gasteiger partial charge >= 0.3 is 6.18 Å². The Labute approximate surface area is 122 Å². The maximum absolute atomic E-state index is 12.5. The van der Waals surface area contributed by atoms with Crippen molar-refractivity contribution in [1.82, 2.24) is 14.7 Å². The van der Waals surface area contributed by atoms with Crippen LogP contribution in [0.4, 0.5) is 13.2 Å². The highest BCUT2D eigenvalue weighted by Crippen LogP contribution is 2.21. The summed E-state index contributed by atoms with van der Waals surface area (Å²) in [5.41, 5.74) is 0. The van der Waals surface area contributed by atoms with E-state index in [0.717, 1.165) is 6.54 Å². The Bertz CT molecular complexity index is 378. The molecule has 0 saturated carbocycles. The first kappa shape index (κ1) is 16.5. The Morgan fingerprint density at radius 3 is 2.52 bits per heavy atom. The third-order valence-electron chi connectivity index (χ3n) is 4.00. The van der Waals surface area contributed by atoms with Crippen LogP contribution in [0.1, 0.15) is 6.92 Å². The van der Waals surface area contributed by atoms with Crippen LogP contribution in [0.2, 0.25) is 0 Å². The second kappa shape index (κ2) is 6.50. The first-order valence-corrected chi connectivity index (χ1v) is 7.16. The molecule has 122 valence electrons. The van der Waals surface area contributed by atoms with Crippen molar-refractivity contribution >= 4 is 5.91 Å². The summed E-state index contributed by atoms with van der Waals surface area (Å²) in [7, 11) is 1.92. The lowest BCUT2D eigenvalue weighted by atomic mass is 10.1. The van der Waals surface area contributed by atoms with E-state index in [4.69, 9.17) is 4.74 Å². The lowest BCUT2D eigenvalue weighted by Gasteiger charge is -2.42. The van der Waals surface area contributed by atoms with E-state index in [2.05, 4.69) is 0 Å². The molecule has 0 N–H and O–H groups in total. The fraction of sp³-hybridized carbons (Fsp3) is 0.923. The molecule has 5 nitrogen and oxygen atoms in total. The van der Waals surface area contributed by atoms with Gasteiger partial charge in [-0.15, -0.1) is 0 Å². The fourth-order valence-corrected chi connectivity index (χ4v) is 2.79. The van der Waals surface area contributed by atoms with Crippen molar-refractivity contribution in [2.75, 3.05) is 52.9 Å². The second-order valence-corrected chi connectivity index (χ2v) is 5.84. The number of hydrogen-bond donors (Lipinski definition) is 0. The number of carbonyl (C=O) groups is 1. The normalized spacial score (nSPS) is 29.7. The number of carbonyl (C=O) groups excluding carboxylic acids is 1. The molecule has 2 aliphatic rings. The van der Waals surface area contributed by atoms with Crippen LogP contribution < -0.4 is 0 Å². The minimum atomic E-state index is -4.20. The van der Waals surface area contributed by atoms with Gasteiger partial charge in [-0.2, -0.15) is 13.2 Å². The SMILES string of the molecule is CC1CN(C(=O)C2CN(C)CCO2)CCN1CC(F)(F)F. The molecule has 0 aromatic carbocycles. The van der Waals surface area contributed by atoms with Gasteiger partial charge in [-0.25, -0.2) is 0 Å². The Morgan fingerprint density at radius 2 is 1.95 bits per heavy atom. The van der Waals surface area contributed by atoms with Gasteiger partial charge in [0.15, 0.2) is 0 Å². The number of amides is 1. The van der Waals surface area contributed by atoms with Crippen molar-refractivity contribution in [1.29, 1.82) is 0 Å². The molecule has 2 saturated heterocycles. The highest BCUT2D eigenvalue weighted by atomic mass is 19.4. The summed E-state index contributed by atoms with van der Waals surface area (Å²) in [5.74, 6) is -0.111. The summed E-state index contributed by atoms with van der Waals surface area (Å²) in [5, 5.41) is 0. The first-order valence-electron chi connectivity index (χ1n) is 7.16. The van der Waals surface area contributed by atoms with Crippen LogP contribution >= 0.6 is 0 Å². The number of likely N-dealkylation sites (N-methyl/N-ethyl adjacent to an activating group) is 1. The monoisotopic (exact) mass is 309 g/mol. The minimum absolute atomic E-state index is 0.111. The van der Waals surface area contributed by atoms with Crippen molar-refractivity contribution < 1.29 is 22.7 Å². The van der Waals surface area contributed by atoms with Gasteiger partial charge in [0.05, 0.1) is 13.2 Å². The average molecular weight is 309 g/mol. The van der Waals surface area contributed by atoms with E-state index < -0.39 is 18.8 Å². The van der Waals surface area contributed by atoms with E-state index in [1.165, 1.54) is 4.90 Å². The molecule has 2 heterocycles. The summed E-state index contributed by atoms with van der Waals surface area (Å²) in [6.45, 7) is 3.53. The van der Waals surface area contributed by atoms with E-state index in [1.54, 1.807) is 11.8 Å². The van der Waals surface area contributed by atoms with Crippen molar-refractivity contribution in [2.24, 2.45) is 0 Å². The Morgan fingerprint density at radius 1 is 1.24 bits per heavy atom. The highest BCUT2D eigenvalue weighted by Gasteiger charge is 2.37. The second-order valence-electron chi connectivity index (χ2n) is 5.84. The molecule has 0 aromatic heterocycles. The largest absolute Gasteiger partial charge is 0.401 e. The van der Waals surface area contributed by atoms with E-state index in [9.17, 15) is 18.0 Å². The third kappa shape index (κ3) is 4.55. The highest BCUT2D eigenvalue weighted by molar-refractivity contribution is 5.81. The summed E-state index contributed by atoms with van der Waals surface area (Å²) >= 11 is 0. The van der Waals surface area contributed by atoms with E-state index in [0.29, 0.717) is 26.2 Å². The molecule has 1 amide bonds. The van der Waals surface area contributed by atoms with Gasteiger partial charge in [-0.1, -0.05) is 0 Å². The summed E-state index contributed by atoms with van der Waals surface area (Å²) in [4.78, 5) is 17.4. The van der Waals surface area contributed by atoms with Crippen LogP contribution in [-0.4, -0.2) is 91.9 Å². The number of nitrogens with zero attached hydrogens (tertiary/aromatic N) is 3. The zero-order valence-electron chi connectivity index (χ0n) is 12.4. The number of halogens is 3. The molecular formula is C13H22F3N3O2. The number of hydrogen-bond acceptors (Lipinski definition) is 4. The Balaban J connectivity index is 1.88. The van der Waals surface area contributed by atoms with Gasteiger partial charge in [0.1, 0.15) is 6.10 Å². The molecule has 0 aromatic rings. The molecule has 2 rings (SSSR count). The van der Waals surface area contributed by atoms with Crippen LogP contribution in [-0.2, 0) is 9.53 Å². The van der Waals surface area contributed by atoms with Crippen LogP contribution in [0.25, 0.3) is 0 Å². The third-order valence-corrected chi connectivity index (χ3v) is 4.00. The van der Waals surface area contributed by atoms with Gasteiger partial charge in [0.2, 0.25) is 0 Å². The molecule has 2 aliphatic heterocycles. The van der Waals surface area contributed by atoms with Crippen molar-refractivity contribution in [3.8, 4) is 0 Å². The van der Waals surface area contributed by atoms with Gasteiger partial charge in [-0.3, -0.25) is 9.69 Å². The van der Waals surface area contributed by atoms with Gasteiger partial charge in [0, 0.05) is 38.8 Å². The number of morpholine rings is 1. The van der Waals surface area contributed by atoms with Crippen LogP contribution in [0.15, 0.2) is 0 Å². The molecule has 8 heteroatoms.